The van der Waals surface area contributed by atoms with Gasteiger partial charge in [-0.2, -0.15) is 10.5 Å². The van der Waals surface area contributed by atoms with E-state index in [1.165, 1.54) is 9.75 Å². The van der Waals surface area contributed by atoms with E-state index in [4.69, 9.17) is 33.7 Å². The van der Waals surface area contributed by atoms with E-state index in [1.54, 1.807) is 22.7 Å². The molecule has 34 heavy (non-hydrogen) atoms. The van der Waals surface area contributed by atoms with Gasteiger partial charge in [0, 0.05) is 29.6 Å². The fourth-order valence-corrected chi connectivity index (χ4v) is 5.08. The van der Waals surface area contributed by atoms with Crippen LogP contribution in [-0.2, 0) is 11.8 Å². The number of halogens is 3. The number of alkyl halides is 1. The molecule has 0 fully saturated rings. The summed E-state index contributed by atoms with van der Waals surface area (Å²) in [6.07, 6.45) is 0.484. The monoisotopic (exact) mass is 636 g/mol. The smallest absolute Gasteiger partial charge is 0.0859 e. The molecule has 0 aliphatic carbocycles. The number of nitriles is 2. The molecule has 0 aliphatic heterocycles. The predicted molar refractivity (Wildman–Crippen MR) is 157 cm³/mol. The second-order valence-electron chi connectivity index (χ2n) is 7.52. The highest BCUT2D eigenvalue weighted by atomic mass is 127. The highest BCUT2D eigenvalue weighted by Gasteiger charge is 2.22. The van der Waals surface area contributed by atoms with Crippen LogP contribution >= 0.6 is 68.5 Å². The van der Waals surface area contributed by atoms with Crippen LogP contribution in [0.3, 0.4) is 0 Å². The molecule has 2 nitrogen and oxygen atoms in total. The van der Waals surface area contributed by atoms with Gasteiger partial charge in [0.1, 0.15) is 0 Å². The summed E-state index contributed by atoms with van der Waals surface area (Å²) >= 11 is 17.1. The van der Waals surface area contributed by atoms with Crippen molar-refractivity contribution < 1.29 is 0 Å². The second-order valence-corrected chi connectivity index (χ2v) is 10.6. The lowest BCUT2D eigenvalue weighted by molar-refractivity contribution is 0.703. The van der Waals surface area contributed by atoms with E-state index in [9.17, 15) is 0 Å². The summed E-state index contributed by atoms with van der Waals surface area (Å²) in [4.78, 5) is 6.50. The molecule has 0 spiro atoms. The van der Waals surface area contributed by atoms with Crippen LogP contribution in [0.1, 0.15) is 23.6 Å². The fourth-order valence-electron chi connectivity index (χ4n) is 2.82. The number of rotatable bonds is 4. The molecule has 0 saturated heterocycles. The minimum Gasteiger partial charge on any atom is -0.198 e. The van der Waals surface area contributed by atoms with Crippen LogP contribution in [0.5, 0.6) is 0 Å². The third kappa shape index (κ3) is 8.12. The maximum absolute atomic E-state index is 9.10. The van der Waals surface area contributed by atoms with E-state index in [2.05, 4.69) is 40.8 Å². The van der Waals surface area contributed by atoms with Gasteiger partial charge in [0.15, 0.2) is 0 Å². The number of hydrogen-bond acceptors (Lipinski definition) is 4. The molecular weight excluding hydrogens is 614 g/mol. The summed E-state index contributed by atoms with van der Waals surface area (Å²) < 4.78 is 0. The lowest BCUT2D eigenvalue weighted by Crippen LogP contribution is -2.10. The maximum atomic E-state index is 9.10. The highest BCUT2D eigenvalue weighted by molar-refractivity contribution is 14.1. The highest BCUT2D eigenvalue weighted by Crippen LogP contribution is 2.35. The first-order valence-electron chi connectivity index (χ1n) is 10.2. The summed E-state index contributed by atoms with van der Waals surface area (Å²) in [5.74, 6) is 0. The molecule has 174 valence electrons. The van der Waals surface area contributed by atoms with Crippen LogP contribution in [-0.4, -0.2) is 4.93 Å². The van der Waals surface area contributed by atoms with Gasteiger partial charge in [-0.15, -0.1) is 22.7 Å². The molecule has 0 bridgehead atoms. The molecule has 2 heterocycles. The van der Waals surface area contributed by atoms with Crippen molar-refractivity contribution in [2.24, 2.45) is 0 Å². The SMILES string of the molecule is CC(C)(C#N)c1ccc(-c2ccc(Cl)cc2)s1.CI.N#CCc1ccc(-c2ccc(Cl)cc2)s1. The summed E-state index contributed by atoms with van der Waals surface area (Å²) in [5, 5.41) is 19.2. The lowest BCUT2D eigenvalue weighted by atomic mass is 9.94. The predicted octanol–water partition coefficient (Wildman–Crippen LogP) is 10.1. The van der Waals surface area contributed by atoms with Crippen LogP contribution in [0.2, 0.25) is 10.0 Å². The zero-order valence-electron chi connectivity index (χ0n) is 19.0. The summed E-state index contributed by atoms with van der Waals surface area (Å²) in [5.41, 5.74) is 1.86. The van der Waals surface area contributed by atoms with E-state index in [0.717, 1.165) is 30.9 Å². The van der Waals surface area contributed by atoms with E-state index < -0.39 is 5.41 Å². The van der Waals surface area contributed by atoms with Gasteiger partial charge in [-0.3, -0.25) is 0 Å². The minimum absolute atomic E-state index is 0.421. The molecule has 2 aromatic heterocycles. The van der Waals surface area contributed by atoms with Gasteiger partial charge in [0.2, 0.25) is 0 Å². The molecule has 4 rings (SSSR count). The average Bonchev–Trinajstić information content (AvgIpc) is 3.53. The zero-order chi connectivity index (χ0) is 25.1. The largest absolute Gasteiger partial charge is 0.198 e. The maximum Gasteiger partial charge on any atom is 0.0859 e. The normalized spacial score (nSPS) is 10.1. The van der Waals surface area contributed by atoms with Crippen LogP contribution in [0, 0.1) is 22.7 Å². The Labute approximate surface area is 233 Å². The quantitative estimate of drug-likeness (QED) is 0.165. The molecule has 2 aromatic carbocycles. The van der Waals surface area contributed by atoms with Gasteiger partial charge in [0.05, 0.1) is 24.0 Å². The summed E-state index contributed by atoms with van der Waals surface area (Å²) in [6, 6.07) is 28.1. The van der Waals surface area contributed by atoms with Crippen LogP contribution in [0.25, 0.3) is 20.9 Å². The van der Waals surface area contributed by atoms with Crippen LogP contribution in [0.15, 0.2) is 72.8 Å². The van der Waals surface area contributed by atoms with Crippen LogP contribution < -0.4 is 0 Å². The Morgan fingerprint density at radius 1 is 0.735 bits per heavy atom. The number of nitrogens with zero attached hydrogens (tertiary/aromatic N) is 2. The van der Waals surface area contributed by atoms with Crippen molar-refractivity contribution >= 4 is 68.5 Å². The first-order valence-corrected chi connectivity index (χ1v) is 14.7. The van der Waals surface area contributed by atoms with Crippen molar-refractivity contribution in [2.75, 3.05) is 4.93 Å². The second kappa shape index (κ2) is 13.9. The molecule has 0 saturated carbocycles. The Morgan fingerprint density at radius 2 is 1.21 bits per heavy atom. The number of hydrogen-bond donors (Lipinski definition) is 0. The average molecular weight is 637 g/mol. The molecule has 7 heteroatoms. The Kier molecular flexibility index (Phi) is 11.6. The van der Waals surface area contributed by atoms with Crippen molar-refractivity contribution in [3.63, 3.8) is 0 Å². The zero-order valence-corrected chi connectivity index (χ0v) is 24.3. The minimum atomic E-state index is -0.421. The van der Waals surface area contributed by atoms with Gasteiger partial charge in [-0.25, -0.2) is 0 Å². The first-order chi connectivity index (χ1) is 16.3. The van der Waals surface area contributed by atoms with Crippen molar-refractivity contribution in [1.29, 1.82) is 10.5 Å². The third-order valence-electron chi connectivity index (χ3n) is 4.67. The van der Waals surface area contributed by atoms with E-state index in [-0.39, 0.29) is 0 Å². The number of benzene rings is 2. The molecule has 4 aromatic rings. The first kappa shape index (κ1) is 28.4. The van der Waals surface area contributed by atoms with Gasteiger partial charge in [-0.05, 0) is 78.4 Å². The third-order valence-corrected chi connectivity index (χ3v) is 7.77. The molecule has 0 atom stereocenters. The molecule has 0 radical (unpaired) electrons. The van der Waals surface area contributed by atoms with Gasteiger partial charge >= 0.3 is 0 Å². The van der Waals surface area contributed by atoms with Gasteiger partial charge < -0.3 is 0 Å². The van der Waals surface area contributed by atoms with Crippen molar-refractivity contribution in [3.05, 3.63) is 92.6 Å². The molecular formula is C27H23Cl2IN2S2. The van der Waals surface area contributed by atoms with Crippen molar-refractivity contribution in [3.8, 4) is 33.0 Å². The molecule has 0 N–H and O–H groups in total. The standard InChI is InChI=1S/C14H12ClNS.C12H8ClNS.CH3I/c1-14(2,9-16)13-8-7-12(17-13)10-3-5-11(15)6-4-10;13-10-3-1-9(2-4-10)12-6-5-11(15-12)7-8-14;1-2/h3-8H,1-2H3;1-6H,7H2;1H3. The van der Waals surface area contributed by atoms with E-state index >= 15 is 0 Å². The van der Waals surface area contributed by atoms with Crippen molar-refractivity contribution in [1.82, 2.24) is 0 Å². The van der Waals surface area contributed by atoms with Gasteiger partial charge in [-0.1, -0.05) is 70.1 Å². The van der Waals surface area contributed by atoms with Gasteiger partial charge in [0.25, 0.3) is 0 Å². The van der Waals surface area contributed by atoms with Crippen molar-refractivity contribution in [2.45, 2.75) is 25.7 Å². The molecule has 0 amide bonds. The number of thiophene rings is 2. The Bertz CT molecular complexity index is 1260. The van der Waals surface area contributed by atoms with Crippen LogP contribution in [0.4, 0.5) is 0 Å². The molecule has 0 aliphatic rings. The summed E-state index contributed by atoms with van der Waals surface area (Å²) in [6.45, 7) is 3.87. The Morgan fingerprint density at radius 3 is 1.68 bits per heavy atom. The lowest BCUT2D eigenvalue weighted by Gasteiger charge is -2.11. The fraction of sp³-hybridized carbons (Fsp3) is 0.185. The van der Waals surface area contributed by atoms with E-state index in [0.29, 0.717) is 6.42 Å². The Hall–Kier alpha value is -1.87. The summed E-state index contributed by atoms with van der Waals surface area (Å²) in [7, 11) is 0. The topological polar surface area (TPSA) is 47.6 Å². The Balaban J connectivity index is 0.000000225. The molecule has 0 unspecified atom stereocenters. The van der Waals surface area contributed by atoms with E-state index in [1.807, 2.05) is 85.5 Å².